The van der Waals surface area contributed by atoms with Gasteiger partial charge in [0, 0.05) is 6.61 Å². The third-order valence-electron chi connectivity index (χ3n) is 10.9. The topological polar surface area (TPSA) is 124 Å². The van der Waals surface area contributed by atoms with Crippen molar-refractivity contribution in [3.05, 3.63) is 0 Å². The summed E-state index contributed by atoms with van der Waals surface area (Å²) in [5.41, 5.74) is 0.150. The maximum atomic E-state index is 11.4. The average Bonchev–Trinajstić information content (AvgIpc) is 3.11. The van der Waals surface area contributed by atoms with Crippen LogP contribution in [0.25, 0.3) is 0 Å². The van der Waals surface area contributed by atoms with E-state index in [2.05, 4.69) is 20.8 Å². The number of aliphatic hydroxyl groups is 3. The molecule has 0 amide bonds. The highest BCUT2D eigenvalue weighted by Gasteiger charge is 2.65. The highest BCUT2D eigenvalue weighted by molar-refractivity contribution is 7.85. The van der Waals surface area contributed by atoms with Gasteiger partial charge in [-0.15, -0.1) is 0 Å². The van der Waals surface area contributed by atoms with Gasteiger partial charge in [0.15, 0.2) is 0 Å². The van der Waals surface area contributed by atoms with Crippen LogP contribution in [0.5, 0.6) is 0 Å². The second-order valence-electron chi connectivity index (χ2n) is 12.6. The minimum atomic E-state index is -3.97. The summed E-state index contributed by atoms with van der Waals surface area (Å²) in [6, 6.07) is 0. The quantitative estimate of drug-likeness (QED) is 0.297. The van der Waals surface area contributed by atoms with E-state index in [4.69, 9.17) is 9.29 Å². The van der Waals surface area contributed by atoms with Crippen LogP contribution in [0.1, 0.15) is 78.6 Å². The van der Waals surface area contributed by atoms with Crippen molar-refractivity contribution in [3.63, 3.8) is 0 Å². The third-order valence-corrected chi connectivity index (χ3v) is 11.6. The van der Waals surface area contributed by atoms with Gasteiger partial charge in [-0.1, -0.05) is 20.8 Å². The monoisotopic (exact) mass is 502 g/mol. The van der Waals surface area contributed by atoms with Crippen LogP contribution in [0.15, 0.2) is 0 Å². The molecule has 34 heavy (non-hydrogen) atoms. The minimum Gasteiger partial charge on any atom is -0.393 e. The minimum absolute atomic E-state index is 0.00698. The van der Waals surface area contributed by atoms with E-state index in [1.54, 1.807) is 0 Å². The molecule has 4 fully saturated rings. The summed E-state index contributed by atoms with van der Waals surface area (Å²) < 4.78 is 35.8. The van der Waals surface area contributed by atoms with Gasteiger partial charge in [0.05, 0.1) is 30.7 Å². The largest absolute Gasteiger partial charge is 0.393 e. The zero-order valence-electron chi connectivity index (χ0n) is 21.1. The van der Waals surface area contributed by atoms with Gasteiger partial charge >= 0.3 is 0 Å². The Kier molecular flexibility index (Phi) is 7.80. The van der Waals surface area contributed by atoms with Crippen molar-refractivity contribution in [1.29, 1.82) is 0 Å². The van der Waals surface area contributed by atoms with Crippen molar-refractivity contribution < 1.29 is 33.0 Å². The summed E-state index contributed by atoms with van der Waals surface area (Å²) in [6.45, 7) is 7.57. The molecule has 198 valence electrons. The summed E-state index contributed by atoms with van der Waals surface area (Å²) in [4.78, 5) is 0. The maximum absolute atomic E-state index is 11.4. The van der Waals surface area contributed by atoms with E-state index in [1.807, 2.05) is 0 Å². The molecule has 4 saturated carbocycles. The first-order valence-corrected chi connectivity index (χ1v) is 15.1. The molecule has 0 aromatic carbocycles. The average molecular weight is 503 g/mol. The van der Waals surface area contributed by atoms with Crippen LogP contribution in [0.2, 0.25) is 0 Å². The lowest BCUT2D eigenvalue weighted by atomic mass is 9.43. The van der Waals surface area contributed by atoms with Gasteiger partial charge in [0.2, 0.25) is 0 Å². The molecule has 5 unspecified atom stereocenters. The second kappa shape index (κ2) is 9.90. The highest BCUT2D eigenvalue weighted by Crippen LogP contribution is 2.68. The van der Waals surface area contributed by atoms with Crippen LogP contribution in [0.4, 0.5) is 0 Å². The van der Waals surface area contributed by atoms with E-state index >= 15 is 0 Å². The molecular weight excluding hydrogens is 456 g/mol. The Labute approximate surface area is 205 Å². The number of hydrogen-bond donors (Lipinski definition) is 4. The van der Waals surface area contributed by atoms with E-state index in [0.29, 0.717) is 36.7 Å². The van der Waals surface area contributed by atoms with Gasteiger partial charge in [-0.05, 0) is 104 Å². The molecule has 0 aromatic heterocycles. The summed E-state index contributed by atoms with van der Waals surface area (Å²) in [5.74, 6) is 1.65. The molecule has 0 heterocycles. The number of ether oxygens (including phenoxy) is 1. The molecule has 4 aliphatic rings. The van der Waals surface area contributed by atoms with E-state index in [0.717, 1.165) is 51.4 Å². The van der Waals surface area contributed by atoms with Crippen LogP contribution < -0.4 is 0 Å². The van der Waals surface area contributed by atoms with E-state index < -0.39 is 22.3 Å². The van der Waals surface area contributed by atoms with Gasteiger partial charge in [0.25, 0.3) is 10.1 Å². The van der Waals surface area contributed by atoms with Crippen molar-refractivity contribution in [3.8, 4) is 0 Å². The van der Waals surface area contributed by atoms with Crippen molar-refractivity contribution >= 4 is 10.1 Å². The first-order chi connectivity index (χ1) is 15.9. The predicted molar refractivity (Wildman–Crippen MR) is 130 cm³/mol. The third kappa shape index (κ3) is 4.84. The fourth-order valence-corrected chi connectivity index (χ4v) is 9.52. The molecule has 0 spiro atoms. The number of hydrogen-bond acceptors (Lipinski definition) is 6. The van der Waals surface area contributed by atoms with Crippen LogP contribution in [0.3, 0.4) is 0 Å². The number of rotatable bonds is 8. The Bertz CT molecular complexity index is 818. The molecule has 0 aliphatic heterocycles. The summed E-state index contributed by atoms with van der Waals surface area (Å²) >= 11 is 0. The van der Waals surface area contributed by atoms with Crippen molar-refractivity contribution in [2.24, 2.45) is 46.3 Å². The number of aliphatic hydroxyl groups excluding tert-OH is 3. The Morgan fingerprint density at radius 1 is 0.912 bits per heavy atom. The molecule has 0 bridgehead atoms. The highest BCUT2D eigenvalue weighted by atomic mass is 32.2. The molecule has 4 N–H and O–H groups in total. The second-order valence-corrected chi connectivity index (χ2v) is 14.1. The summed E-state index contributed by atoms with van der Waals surface area (Å²) in [5, 5.41) is 32.8. The molecule has 0 radical (unpaired) electrons. The molecule has 8 heteroatoms. The molecule has 4 aliphatic carbocycles. The van der Waals surface area contributed by atoms with E-state index in [9.17, 15) is 23.7 Å². The Morgan fingerprint density at radius 2 is 1.59 bits per heavy atom. The van der Waals surface area contributed by atoms with Crippen LogP contribution in [-0.2, 0) is 14.9 Å². The smallest absolute Gasteiger partial charge is 0.267 e. The predicted octanol–water partition coefficient (Wildman–Crippen LogP) is 3.27. The van der Waals surface area contributed by atoms with Gasteiger partial charge < -0.3 is 20.1 Å². The lowest BCUT2D eigenvalue weighted by molar-refractivity contribution is -0.223. The van der Waals surface area contributed by atoms with E-state index in [1.165, 1.54) is 0 Å². The molecule has 7 nitrogen and oxygen atoms in total. The van der Waals surface area contributed by atoms with Crippen LogP contribution >= 0.6 is 0 Å². The van der Waals surface area contributed by atoms with Gasteiger partial charge in [-0.25, -0.2) is 0 Å². The lowest BCUT2D eigenvalue weighted by Gasteiger charge is -2.63. The molecule has 11 atom stereocenters. The standard InChI is InChI=1S/C26H46O7S/c1-16(5-4-12-33-13-14-34(30,31)32)18-6-7-19-22-20(9-11-25(18,19)2)26(3)10-8-17(27)15-21(26)23(28)24(22)29/h16-24,27-29H,4-15H2,1-3H3,(H,30,31,32)/t16?,17-,18?,19?,20?,21+,22?,23+,24-,25-,26-/m1/s1. The van der Waals surface area contributed by atoms with Crippen molar-refractivity contribution in [1.82, 2.24) is 0 Å². The molecule has 0 saturated heterocycles. The van der Waals surface area contributed by atoms with Gasteiger partial charge in [-0.3, -0.25) is 4.55 Å². The fraction of sp³-hybridized carbons (Fsp3) is 1.00. The van der Waals surface area contributed by atoms with Gasteiger partial charge in [-0.2, -0.15) is 8.42 Å². The Morgan fingerprint density at radius 3 is 2.29 bits per heavy atom. The molecule has 4 rings (SSSR count). The first kappa shape index (κ1) is 26.8. The zero-order valence-corrected chi connectivity index (χ0v) is 21.9. The Balaban J connectivity index is 1.40. The van der Waals surface area contributed by atoms with E-state index in [-0.39, 0.29) is 41.1 Å². The zero-order chi connectivity index (χ0) is 24.9. The number of fused-ring (bicyclic) bond motifs is 5. The molecule has 0 aromatic rings. The summed E-state index contributed by atoms with van der Waals surface area (Å²) in [7, 11) is -3.97. The first-order valence-electron chi connectivity index (χ1n) is 13.5. The Hall–Kier alpha value is -0.250. The fourth-order valence-electron chi connectivity index (χ4n) is 9.19. The van der Waals surface area contributed by atoms with Crippen LogP contribution in [0, 0.1) is 46.3 Å². The SMILES string of the molecule is CC(CCCOCCS(=O)(=O)O)C1CCC2C3C(CC[C@]12C)[C@@]1(C)CC[C@@H](O)C[C@H]1[C@H](O)[C@@H]3O. The van der Waals surface area contributed by atoms with Crippen molar-refractivity contribution in [2.45, 2.75) is 96.9 Å². The summed E-state index contributed by atoms with van der Waals surface area (Å²) in [6.07, 6.45) is 6.89. The lowest BCUT2D eigenvalue weighted by Crippen LogP contribution is -2.64. The normalized spacial score (nSPS) is 47.5. The van der Waals surface area contributed by atoms with Gasteiger partial charge in [0.1, 0.15) is 0 Å². The van der Waals surface area contributed by atoms with Crippen LogP contribution in [-0.4, -0.2) is 65.6 Å². The van der Waals surface area contributed by atoms with Crippen molar-refractivity contribution in [2.75, 3.05) is 19.0 Å². The maximum Gasteiger partial charge on any atom is 0.267 e. The molecular formula is C26H46O7S.